The minimum atomic E-state index is -0.279. The first kappa shape index (κ1) is 12.0. The number of rotatable bonds is 2. The number of nitrogens with zero attached hydrogens (tertiary/aromatic N) is 3. The quantitative estimate of drug-likeness (QED) is 0.677. The van der Waals surface area contributed by atoms with Crippen LogP contribution in [-0.4, -0.2) is 47.4 Å². The molecule has 15 heavy (non-hydrogen) atoms. The van der Waals surface area contributed by atoms with Gasteiger partial charge in [-0.1, -0.05) is 0 Å². The van der Waals surface area contributed by atoms with Crippen molar-refractivity contribution in [2.75, 3.05) is 20.1 Å². The molecule has 1 rings (SSSR count). The van der Waals surface area contributed by atoms with Crippen LogP contribution in [0.5, 0.6) is 0 Å². The summed E-state index contributed by atoms with van der Waals surface area (Å²) >= 11 is 0. The van der Waals surface area contributed by atoms with E-state index in [4.69, 9.17) is 5.26 Å². The molecule has 1 saturated heterocycles. The van der Waals surface area contributed by atoms with E-state index >= 15 is 0 Å². The minimum Gasteiger partial charge on any atom is -0.340 e. The van der Waals surface area contributed by atoms with E-state index in [0.29, 0.717) is 0 Å². The molecule has 1 unspecified atom stereocenters. The molecule has 0 aromatic rings. The van der Waals surface area contributed by atoms with Gasteiger partial charge in [0.05, 0.1) is 12.5 Å². The zero-order valence-electron chi connectivity index (χ0n) is 9.95. The van der Waals surface area contributed by atoms with Crippen molar-refractivity contribution in [2.24, 2.45) is 0 Å². The van der Waals surface area contributed by atoms with E-state index in [0.717, 1.165) is 13.1 Å². The monoisotopic (exact) mass is 209 g/mol. The molecule has 0 N–H and O–H groups in total. The fraction of sp³-hybridized carbons (Fsp3) is 0.818. The maximum absolute atomic E-state index is 12.0. The summed E-state index contributed by atoms with van der Waals surface area (Å²) in [5, 5.41) is 8.74. The summed E-state index contributed by atoms with van der Waals surface area (Å²) in [5.74, 6) is 0.0841. The smallest absolute Gasteiger partial charge is 0.241 e. The van der Waals surface area contributed by atoms with Crippen molar-refractivity contribution in [3.63, 3.8) is 0 Å². The molecule has 0 bridgehead atoms. The minimum absolute atomic E-state index is 0.0502. The second-order valence-corrected chi connectivity index (χ2v) is 4.65. The zero-order valence-corrected chi connectivity index (χ0v) is 9.95. The summed E-state index contributed by atoms with van der Waals surface area (Å²) in [6.07, 6.45) is 0.273. The van der Waals surface area contributed by atoms with Gasteiger partial charge in [-0.25, -0.2) is 0 Å². The van der Waals surface area contributed by atoms with E-state index in [1.54, 1.807) is 0 Å². The number of hydrogen-bond donors (Lipinski definition) is 0. The molecule has 0 spiro atoms. The van der Waals surface area contributed by atoms with Crippen LogP contribution in [0.1, 0.15) is 27.2 Å². The number of nitriles is 1. The average molecular weight is 209 g/mol. The predicted octanol–water partition coefficient (Wildman–Crippen LogP) is 0.841. The fourth-order valence-electron chi connectivity index (χ4n) is 2.03. The summed E-state index contributed by atoms with van der Waals surface area (Å²) < 4.78 is 0. The van der Waals surface area contributed by atoms with Gasteiger partial charge in [-0.3, -0.25) is 9.69 Å². The van der Waals surface area contributed by atoms with Crippen molar-refractivity contribution in [3.8, 4) is 6.07 Å². The molecule has 84 valence electrons. The molecule has 1 atom stereocenters. The molecule has 0 radical (unpaired) electrons. The van der Waals surface area contributed by atoms with Crippen molar-refractivity contribution < 1.29 is 4.79 Å². The second kappa shape index (κ2) is 4.19. The van der Waals surface area contributed by atoms with Gasteiger partial charge in [0.1, 0.15) is 6.04 Å². The lowest BCUT2D eigenvalue weighted by atomic mass is 9.94. The lowest BCUT2D eigenvalue weighted by Crippen LogP contribution is -2.64. The van der Waals surface area contributed by atoms with E-state index in [9.17, 15) is 4.79 Å². The van der Waals surface area contributed by atoms with Crippen molar-refractivity contribution in [1.82, 2.24) is 9.80 Å². The van der Waals surface area contributed by atoms with Gasteiger partial charge < -0.3 is 4.90 Å². The Morgan fingerprint density at radius 1 is 1.60 bits per heavy atom. The highest BCUT2D eigenvalue weighted by molar-refractivity contribution is 5.83. The Hall–Kier alpha value is -1.08. The van der Waals surface area contributed by atoms with E-state index < -0.39 is 0 Å². The van der Waals surface area contributed by atoms with Crippen LogP contribution in [-0.2, 0) is 4.79 Å². The van der Waals surface area contributed by atoms with E-state index in [1.165, 1.54) is 0 Å². The molecular formula is C11H19N3O. The molecule has 0 saturated carbocycles. The predicted molar refractivity (Wildman–Crippen MR) is 58.1 cm³/mol. The van der Waals surface area contributed by atoms with Crippen LogP contribution >= 0.6 is 0 Å². The van der Waals surface area contributed by atoms with Crippen LogP contribution in [0.15, 0.2) is 0 Å². The Kier molecular flexibility index (Phi) is 3.35. The van der Waals surface area contributed by atoms with Gasteiger partial charge in [0.25, 0.3) is 0 Å². The molecule has 1 amide bonds. The molecule has 1 fully saturated rings. The number of amides is 1. The second-order valence-electron chi connectivity index (χ2n) is 4.65. The Morgan fingerprint density at radius 3 is 2.67 bits per heavy atom. The van der Waals surface area contributed by atoms with Crippen molar-refractivity contribution in [2.45, 2.75) is 38.8 Å². The molecule has 0 aromatic carbocycles. The molecule has 1 aliphatic rings. The third kappa shape index (κ3) is 2.13. The average Bonchev–Trinajstić information content (AvgIpc) is 2.19. The van der Waals surface area contributed by atoms with Crippen molar-refractivity contribution in [1.29, 1.82) is 5.26 Å². The van der Waals surface area contributed by atoms with Gasteiger partial charge in [-0.2, -0.15) is 5.26 Å². The number of carbonyl (C=O) groups excluding carboxylic acids is 1. The number of carbonyl (C=O) groups is 1. The first-order valence-electron chi connectivity index (χ1n) is 5.32. The highest BCUT2D eigenvalue weighted by Crippen LogP contribution is 2.25. The Bertz CT molecular complexity index is 293. The summed E-state index contributed by atoms with van der Waals surface area (Å²) in [6.45, 7) is 7.64. The molecule has 0 aliphatic carbocycles. The lowest BCUT2D eigenvalue weighted by Gasteiger charge is -2.48. The number of likely N-dealkylation sites (N-methyl/N-ethyl adjacent to an activating group) is 2. The van der Waals surface area contributed by atoms with E-state index in [2.05, 4.69) is 19.9 Å². The maximum Gasteiger partial charge on any atom is 0.241 e. The summed E-state index contributed by atoms with van der Waals surface area (Å²) in [5.41, 5.74) is -0.0502. The van der Waals surface area contributed by atoms with Gasteiger partial charge in [0, 0.05) is 18.6 Å². The van der Waals surface area contributed by atoms with E-state index in [1.807, 2.05) is 23.8 Å². The summed E-state index contributed by atoms with van der Waals surface area (Å²) in [6, 6.07) is 1.81. The number of hydrogen-bond acceptors (Lipinski definition) is 3. The third-order valence-corrected chi connectivity index (χ3v) is 3.26. The Morgan fingerprint density at radius 2 is 2.20 bits per heavy atom. The first-order chi connectivity index (χ1) is 6.94. The topological polar surface area (TPSA) is 47.3 Å². The largest absolute Gasteiger partial charge is 0.340 e. The SMILES string of the molecule is CCN1CC(C)(C)N(C)C(CC#N)C1=O. The number of piperazine rings is 1. The van der Waals surface area contributed by atoms with Gasteiger partial charge in [0.2, 0.25) is 5.91 Å². The lowest BCUT2D eigenvalue weighted by molar-refractivity contribution is -0.147. The fourth-order valence-corrected chi connectivity index (χ4v) is 2.03. The molecule has 4 heteroatoms. The Balaban J connectivity index is 2.93. The molecule has 1 aliphatic heterocycles. The van der Waals surface area contributed by atoms with Crippen LogP contribution in [0.25, 0.3) is 0 Å². The van der Waals surface area contributed by atoms with Gasteiger partial charge in [-0.15, -0.1) is 0 Å². The van der Waals surface area contributed by atoms with Crippen LogP contribution in [0, 0.1) is 11.3 Å². The molecule has 4 nitrogen and oxygen atoms in total. The van der Waals surface area contributed by atoms with Crippen molar-refractivity contribution >= 4 is 5.91 Å². The van der Waals surface area contributed by atoms with Gasteiger partial charge >= 0.3 is 0 Å². The third-order valence-electron chi connectivity index (χ3n) is 3.26. The van der Waals surface area contributed by atoms with Crippen molar-refractivity contribution in [3.05, 3.63) is 0 Å². The Labute approximate surface area is 91.5 Å². The zero-order chi connectivity index (χ0) is 11.6. The standard InChI is InChI=1S/C11H19N3O/c1-5-14-8-11(2,3)13(4)9(6-7-12)10(14)15/h9H,5-6,8H2,1-4H3. The first-order valence-corrected chi connectivity index (χ1v) is 5.32. The van der Waals surface area contributed by atoms with E-state index in [-0.39, 0.29) is 23.9 Å². The maximum atomic E-state index is 12.0. The molecule has 0 aromatic heterocycles. The van der Waals surface area contributed by atoms with Crippen LogP contribution < -0.4 is 0 Å². The molecule has 1 heterocycles. The van der Waals surface area contributed by atoms with Gasteiger partial charge in [-0.05, 0) is 27.8 Å². The van der Waals surface area contributed by atoms with Crippen LogP contribution in [0.2, 0.25) is 0 Å². The normalized spacial score (nSPS) is 26.5. The highest BCUT2D eigenvalue weighted by atomic mass is 16.2. The summed E-state index contributed by atoms with van der Waals surface area (Å²) in [4.78, 5) is 15.8. The highest BCUT2D eigenvalue weighted by Gasteiger charge is 2.42. The van der Waals surface area contributed by atoms with Crippen LogP contribution in [0.3, 0.4) is 0 Å². The van der Waals surface area contributed by atoms with Gasteiger partial charge in [0.15, 0.2) is 0 Å². The summed E-state index contributed by atoms with van der Waals surface area (Å²) in [7, 11) is 1.92. The van der Waals surface area contributed by atoms with Crippen LogP contribution in [0.4, 0.5) is 0 Å². The molecular weight excluding hydrogens is 190 g/mol.